The lowest BCUT2D eigenvalue weighted by molar-refractivity contribution is -0.141. The number of rotatable bonds is 13. The maximum absolute atomic E-state index is 13.4. The van der Waals surface area contributed by atoms with E-state index in [9.17, 15) is 18.0 Å². The van der Waals surface area contributed by atoms with Crippen molar-refractivity contribution in [3.63, 3.8) is 0 Å². The molecule has 2 aromatic carbocycles. The van der Waals surface area contributed by atoms with Gasteiger partial charge < -0.3 is 10.2 Å². The number of nitrogens with zero attached hydrogens (tertiary/aromatic N) is 2. The van der Waals surface area contributed by atoms with E-state index in [1.807, 2.05) is 45.0 Å². The molecule has 0 radical (unpaired) electrons. The summed E-state index contributed by atoms with van der Waals surface area (Å²) >= 11 is 5.94. The van der Waals surface area contributed by atoms with Crippen LogP contribution in [0.15, 0.2) is 48.5 Å². The van der Waals surface area contributed by atoms with Crippen LogP contribution < -0.4 is 9.62 Å². The largest absolute Gasteiger partial charge is 0.354 e. The number of sulfonamides is 1. The van der Waals surface area contributed by atoms with Crippen LogP contribution in [0.5, 0.6) is 0 Å². The highest BCUT2D eigenvalue weighted by atomic mass is 35.5. The van der Waals surface area contributed by atoms with Crippen LogP contribution in [-0.2, 0) is 26.2 Å². The Balaban J connectivity index is 2.19. The number of hydrogen-bond donors (Lipinski definition) is 1. The van der Waals surface area contributed by atoms with E-state index in [0.29, 0.717) is 36.6 Å². The Hall–Kier alpha value is -2.58. The van der Waals surface area contributed by atoms with Crippen LogP contribution in [-0.4, -0.2) is 50.5 Å². The fourth-order valence-electron chi connectivity index (χ4n) is 3.90. The van der Waals surface area contributed by atoms with Gasteiger partial charge in [-0.15, -0.1) is 0 Å². The zero-order chi connectivity index (χ0) is 26.0. The van der Waals surface area contributed by atoms with Gasteiger partial charge in [-0.05, 0) is 56.0 Å². The summed E-state index contributed by atoms with van der Waals surface area (Å²) in [6.45, 7) is 6.85. The molecule has 2 aromatic rings. The molecular weight excluding hydrogens is 486 g/mol. The molecule has 192 valence electrons. The van der Waals surface area contributed by atoms with Crippen LogP contribution in [0.1, 0.15) is 50.7 Å². The monoisotopic (exact) mass is 521 g/mol. The van der Waals surface area contributed by atoms with Crippen LogP contribution in [0.25, 0.3) is 0 Å². The minimum absolute atomic E-state index is 0.114. The Kier molecular flexibility index (Phi) is 11.0. The average Bonchev–Trinajstić information content (AvgIpc) is 2.80. The van der Waals surface area contributed by atoms with Crippen LogP contribution in [0, 0.1) is 6.92 Å². The normalized spacial score (nSPS) is 12.1. The van der Waals surface area contributed by atoms with E-state index >= 15 is 0 Å². The van der Waals surface area contributed by atoms with Crippen LogP contribution in [0.3, 0.4) is 0 Å². The Morgan fingerprint density at radius 3 is 2.34 bits per heavy atom. The number of halogens is 1. The Labute approximate surface area is 214 Å². The summed E-state index contributed by atoms with van der Waals surface area (Å²) in [6, 6.07) is 13.8. The number of benzene rings is 2. The first-order chi connectivity index (χ1) is 16.6. The molecule has 9 heteroatoms. The highest BCUT2D eigenvalue weighted by Gasteiger charge is 2.28. The Morgan fingerprint density at radius 1 is 1.09 bits per heavy atom. The van der Waals surface area contributed by atoms with Crippen molar-refractivity contribution >= 4 is 39.1 Å². The molecule has 2 rings (SSSR count). The summed E-state index contributed by atoms with van der Waals surface area (Å²) in [5.41, 5.74) is 2.51. The second kappa shape index (κ2) is 13.5. The second-order valence-corrected chi connectivity index (χ2v) is 11.0. The molecule has 1 N–H and O–H groups in total. The summed E-state index contributed by atoms with van der Waals surface area (Å²) in [5, 5.41) is 3.42. The molecular formula is C26H36ClN3O4S. The molecule has 1 atom stereocenters. The van der Waals surface area contributed by atoms with Gasteiger partial charge in [0.05, 0.1) is 11.9 Å². The Morgan fingerprint density at radius 2 is 1.77 bits per heavy atom. The number of amides is 2. The average molecular weight is 522 g/mol. The van der Waals surface area contributed by atoms with E-state index in [1.165, 1.54) is 4.31 Å². The first kappa shape index (κ1) is 28.7. The van der Waals surface area contributed by atoms with Gasteiger partial charge in [-0.2, -0.15) is 0 Å². The molecule has 2 amide bonds. The molecule has 7 nitrogen and oxygen atoms in total. The fourth-order valence-corrected chi connectivity index (χ4v) is 5.00. The van der Waals surface area contributed by atoms with E-state index in [1.54, 1.807) is 29.2 Å². The van der Waals surface area contributed by atoms with Crippen molar-refractivity contribution in [1.82, 2.24) is 10.2 Å². The van der Waals surface area contributed by atoms with E-state index in [0.717, 1.165) is 23.8 Å². The molecule has 0 aliphatic carbocycles. The molecule has 0 saturated heterocycles. The topological polar surface area (TPSA) is 86.8 Å². The van der Waals surface area contributed by atoms with E-state index in [4.69, 9.17) is 11.6 Å². The maximum Gasteiger partial charge on any atom is 0.242 e. The van der Waals surface area contributed by atoms with Crippen molar-refractivity contribution in [1.29, 1.82) is 0 Å². The zero-order valence-corrected chi connectivity index (χ0v) is 22.5. The molecule has 0 spiro atoms. The summed E-state index contributed by atoms with van der Waals surface area (Å²) in [4.78, 5) is 27.9. The molecule has 0 unspecified atom stereocenters. The highest BCUT2D eigenvalue weighted by Crippen LogP contribution is 2.22. The molecule has 0 fully saturated rings. The number of carbonyl (C=O) groups is 2. The van der Waals surface area contributed by atoms with Gasteiger partial charge in [-0.25, -0.2) is 8.42 Å². The van der Waals surface area contributed by atoms with Crippen LogP contribution in [0.2, 0.25) is 5.02 Å². The maximum atomic E-state index is 13.4. The third kappa shape index (κ3) is 8.85. The third-order valence-electron chi connectivity index (χ3n) is 5.64. The van der Waals surface area contributed by atoms with Crippen LogP contribution >= 0.6 is 11.6 Å². The van der Waals surface area contributed by atoms with Gasteiger partial charge in [-0.1, -0.05) is 55.3 Å². The lowest BCUT2D eigenvalue weighted by atomic mass is 10.1. The summed E-state index contributed by atoms with van der Waals surface area (Å²) in [5.74, 6) is -0.358. The number of aryl methyl sites for hydroxylation is 1. The highest BCUT2D eigenvalue weighted by molar-refractivity contribution is 7.92. The first-order valence-electron chi connectivity index (χ1n) is 11.9. The van der Waals surface area contributed by atoms with Gasteiger partial charge in [0.1, 0.15) is 6.04 Å². The molecule has 35 heavy (non-hydrogen) atoms. The number of carbonyl (C=O) groups excluding carboxylic acids is 2. The number of hydrogen-bond acceptors (Lipinski definition) is 4. The molecule has 0 aliphatic rings. The molecule has 0 aromatic heterocycles. The van der Waals surface area contributed by atoms with Gasteiger partial charge in [0, 0.05) is 31.1 Å². The first-order valence-corrected chi connectivity index (χ1v) is 14.2. The predicted molar refractivity (Wildman–Crippen MR) is 142 cm³/mol. The standard InChI is InChI=1S/C26H36ClN3O4S/c1-5-16-28-26(32)24(6-2)29(19-21-10-7-9-20(3)18-21)25(31)11-8-17-30(35(4,33)34)23-14-12-22(27)13-15-23/h7,9-10,12-15,18,24H,5-6,8,11,16-17,19H2,1-4H3,(H,28,32)/t24-/m0/s1. The van der Waals surface area contributed by atoms with E-state index < -0.39 is 16.1 Å². The van der Waals surface area contributed by atoms with Gasteiger partial charge in [0.2, 0.25) is 21.8 Å². The minimum Gasteiger partial charge on any atom is -0.354 e. The molecule has 0 heterocycles. The van der Waals surface area contributed by atoms with E-state index in [-0.39, 0.29) is 24.8 Å². The minimum atomic E-state index is -3.55. The van der Waals surface area contributed by atoms with Gasteiger partial charge >= 0.3 is 0 Å². The lowest BCUT2D eigenvalue weighted by Gasteiger charge is -2.31. The summed E-state index contributed by atoms with van der Waals surface area (Å²) in [6.07, 6.45) is 2.85. The van der Waals surface area contributed by atoms with Crippen molar-refractivity contribution in [2.75, 3.05) is 23.7 Å². The zero-order valence-electron chi connectivity index (χ0n) is 21.0. The number of nitrogens with one attached hydrogen (secondary N) is 1. The summed E-state index contributed by atoms with van der Waals surface area (Å²) < 4.78 is 26.0. The van der Waals surface area contributed by atoms with Crippen molar-refractivity contribution in [2.24, 2.45) is 0 Å². The third-order valence-corrected chi connectivity index (χ3v) is 7.08. The fraction of sp³-hybridized carbons (Fsp3) is 0.462. The molecule has 0 bridgehead atoms. The SMILES string of the molecule is CCCNC(=O)[C@H](CC)N(Cc1cccc(C)c1)C(=O)CCCN(c1ccc(Cl)cc1)S(C)(=O)=O. The van der Waals surface area contributed by atoms with Gasteiger partial charge in [0.15, 0.2) is 0 Å². The van der Waals surface area contributed by atoms with E-state index in [2.05, 4.69) is 5.32 Å². The summed E-state index contributed by atoms with van der Waals surface area (Å²) in [7, 11) is -3.55. The van der Waals surface area contributed by atoms with Crippen LogP contribution in [0.4, 0.5) is 5.69 Å². The van der Waals surface area contributed by atoms with Gasteiger partial charge in [0.25, 0.3) is 0 Å². The lowest BCUT2D eigenvalue weighted by Crippen LogP contribution is -2.49. The predicted octanol–water partition coefficient (Wildman–Crippen LogP) is 4.53. The quantitative estimate of drug-likeness (QED) is 0.419. The van der Waals surface area contributed by atoms with Crippen molar-refractivity contribution in [3.8, 4) is 0 Å². The van der Waals surface area contributed by atoms with Crippen molar-refractivity contribution in [2.45, 2.75) is 59.0 Å². The Bertz CT molecular complexity index is 1090. The smallest absolute Gasteiger partial charge is 0.242 e. The van der Waals surface area contributed by atoms with Crippen molar-refractivity contribution in [3.05, 3.63) is 64.7 Å². The molecule has 0 aliphatic heterocycles. The van der Waals surface area contributed by atoms with Crippen molar-refractivity contribution < 1.29 is 18.0 Å². The van der Waals surface area contributed by atoms with Gasteiger partial charge in [-0.3, -0.25) is 13.9 Å². The second-order valence-electron chi connectivity index (χ2n) is 8.64. The molecule has 0 saturated carbocycles. The number of anilines is 1.